The number of carbonyl (C=O) groups excluding carboxylic acids is 1. The number of hydrogen-bond donors (Lipinski definition) is 1. The molecular weight excluding hydrogens is 392 g/mol. The fraction of sp³-hybridized carbons (Fsp3) is 0.350. The van der Waals surface area contributed by atoms with Crippen molar-refractivity contribution in [3.05, 3.63) is 47.9 Å². The van der Waals surface area contributed by atoms with Crippen LogP contribution in [0.4, 0.5) is 10.5 Å². The predicted molar refractivity (Wildman–Crippen MR) is 112 cm³/mol. The molecule has 1 amide bonds. The maximum Gasteiger partial charge on any atom is 0.414 e. The van der Waals surface area contributed by atoms with Crippen LogP contribution in [0, 0.1) is 0 Å². The number of anilines is 1. The second-order valence-corrected chi connectivity index (χ2v) is 7.08. The summed E-state index contributed by atoms with van der Waals surface area (Å²) in [5.74, 6) is 0.822. The predicted octanol–water partition coefficient (Wildman–Crippen LogP) is 2.78. The lowest BCUT2D eigenvalue weighted by Crippen LogP contribution is -2.35. The lowest BCUT2D eigenvalue weighted by molar-refractivity contribution is 0.178. The molecule has 3 aromatic rings. The van der Waals surface area contributed by atoms with Crippen LogP contribution in [0.25, 0.3) is 17.2 Å². The number of carbonyl (C=O) groups is 1. The van der Waals surface area contributed by atoms with E-state index in [-0.39, 0.29) is 18.5 Å². The Morgan fingerprint density at radius 1 is 1.24 bits per heavy atom. The maximum atomic E-state index is 12.1. The molecule has 0 atom stereocenters. The Balaban J connectivity index is 0.00000205. The van der Waals surface area contributed by atoms with E-state index in [2.05, 4.69) is 27.0 Å². The summed E-state index contributed by atoms with van der Waals surface area (Å²) < 4.78 is 9.02. The summed E-state index contributed by atoms with van der Waals surface area (Å²) in [5.41, 5.74) is 5.13. The Bertz CT molecular complexity index is 1020. The first-order valence-electron chi connectivity index (χ1n) is 9.54. The molecule has 29 heavy (non-hydrogen) atoms. The number of methoxy groups -OCH3 is 1. The van der Waals surface area contributed by atoms with Crippen molar-refractivity contribution in [2.24, 2.45) is 0 Å². The van der Waals surface area contributed by atoms with Crippen molar-refractivity contribution in [1.82, 2.24) is 24.6 Å². The third-order valence-electron chi connectivity index (χ3n) is 5.39. The molecule has 4 heterocycles. The Morgan fingerprint density at radius 3 is 2.97 bits per heavy atom. The van der Waals surface area contributed by atoms with Gasteiger partial charge in [0.25, 0.3) is 0 Å². The second-order valence-electron chi connectivity index (χ2n) is 7.08. The number of rotatable bonds is 2. The average molecular weight is 415 g/mol. The minimum absolute atomic E-state index is 0. The SMILES string of the molecule is COC(=O)N1CCCc2cc(-n3ccnc3-c3cc4n(n3)CCNC4)ccc21.Cl. The zero-order valence-electron chi connectivity index (χ0n) is 16.2. The van der Waals surface area contributed by atoms with Crippen molar-refractivity contribution in [1.29, 1.82) is 0 Å². The lowest BCUT2D eigenvalue weighted by atomic mass is 10.0. The standard InChI is InChI=1S/C20H22N6O2.ClH/c1-28-20(27)25-8-2-3-14-11-15(4-5-18(14)25)24-9-7-22-19(24)17-12-16-13-21-6-10-26(16)23-17;/h4-5,7,9,11-12,21H,2-3,6,8,10,13H2,1H3;1H. The molecule has 9 heteroatoms. The molecule has 0 saturated carbocycles. The van der Waals surface area contributed by atoms with Crippen LogP contribution < -0.4 is 10.2 Å². The molecule has 2 aliphatic rings. The molecule has 1 N–H and O–H groups in total. The van der Waals surface area contributed by atoms with Gasteiger partial charge in [0.15, 0.2) is 5.82 Å². The molecule has 5 rings (SSSR count). The summed E-state index contributed by atoms with van der Waals surface area (Å²) >= 11 is 0. The van der Waals surface area contributed by atoms with Crippen LogP contribution in [-0.4, -0.2) is 45.6 Å². The Labute approximate surface area is 174 Å². The van der Waals surface area contributed by atoms with Crippen LogP contribution in [-0.2, 0) is 24.2 Å². The van der Waals surface area contributed by atoms with E-state index in [9.17, 15) is 4.79 Å². The highest BCUT2D eigenvalue weighted by atomic mass is 35.5. The van der Waals surface area contributed by atoms with Gasteiger partial charge in [-0.25, -0.2) is 9.78 Å². The first-order chi connectivity index (χ1) is 13.7. The topological polar surface area (TPSA) is 77.2 Å². The average Bonchev–Trinajstić information content (AvgIpc) is 3.39. The van der Waals surface area contributed by atoms with Gasteiger partial charge in [-0.15, -0.1) is 12.4 Å². The molecule has 8 nitrogen and oxygen atoms in total. The van der Waals surface area contributed by atoms with Gasteiger partial charge >= 0.3 is 6.09 Å². The number of halogens is 1. The van der Waals surface area contributed by atoms with E-state index in [1.54, 1.807) is 11.1 Å². The van der Waals surface area contributed by atoms with Crippen molar-refractivity contribution < 1.29 is 9.53 Å². The quantitative estimate of drug-likeness (QED) is 0.697. The summed E-state index contributed by atoms with van der Waals surface area (Å²) in [5, 5.41) is 8.10. The van der Waals surface area contributed by atoms with Crippen molar-refractivity contribution in [3.63, 3.8) is 0 Å². The molecule has 2 aliphatic heterocycles. The number of aromatic nitrogens is 4. The smallest absolute Gasteiger partial charge is 0.414 e. The summed E-state index contributed by atoms with van der Waals surface area (Å²) in [6.07, 6.45) is 5.30. The van der Waals surface area contributed by atoms with Gasteiger partial charge in [-0.1, -0.05) is 0 Å². The van der Waals surface area contributed by atoms with Crippen LogP contribution in [0.5, 0.6) is 0 Å². The minimum Gasteiger partial charge on any atom is -0.452 e. The van der Waals surface area contributed by atoms with Gasteiger partial charge in [0.05, 0.1) is 25.0 Å². The van der Waals surface area contributed by atoms with E-state index in [0.717, 1.165) is 60.9 Å². The molecule has 152 valence electrons. The number of imidazole rings is 1. The van der Waals surface area contributed by atoms with E-state index < -0.39 is 0 Å². The molecule has 1 aromatic carbocycles. The number of nitrogens with zero attached hydrogens (tertiary/aromatic N) is 5. The van der Waals surface area contributed by atoms with Crippen LogP contribution in [0.3, 0.4) is 0 Å². The summed E-state index contributed by atoms with van der Waals surface area (Å²) in [7, 11) is 1.42. The van der Waals surface area contributed by atoms with Crippen LogP contribution in [0.2, 0.25) is 0 Å². The van der Waals surface area contributed by atoms with Gasteiger partial charge < -0.3 is 10.1 Å². The van der Waals surface area contributed by atoms with Gasteiger partial charge in [-0.2, -0.15) is 5.10 Å². The molecular formula is C20H23ClN6O2. The molecule has 0 radical (unpaired) electrons. The van der Waals surface area contributed by atoms with Crippen molar-refractivity contribution >= 4 is 24.2 Å². The molecule has 0 bridgehead atoms. The number of fused-ring (bicyclic) bond motifs is 2. The van der Waals surface area contributed by atoms with Crippen molar-refractivity contribution in [2.45, 2.75) is 25.9 Å². The third kappa shape index (κ3) is 3.38. The van der Waals surface area contributed by atoms with Gasteiger partial charge in [0.2, 0.25) is 0 Å². The van der Waals surface area contributed by atoms with Crippen LogP contribution in [0.15, 0.2) is 36.7 Å². The highest BCUT2D eigenvalue weighted by Gasteiger charge is 2.24. The van der Waals surface area contributed by atoms with Crippen LogP contribution >= 0.6 is 12.4 Å². The molecule has 2 aromatic heterocycles. The van der Waals surface area contributed by atoms with E-state index in [1.165, 1.54) is 12.8 Å². The monoisotopic (exact) mass is 414 g/mol. The largest absolute Gasteiger partial charge is 0.452 e. The number of aryl methyl sites for hydroxylation is 1. The van der Waals surface area contributed by atoms with Gasteiger partial charge in [-0.3, -0.25) is 14.1 Å². The number of nitrogens with one attached hydrogen (secondary N) is 1. The van der Waals surface area contributed by atoms with Gasteiger partial charge in [0, 0.05) is 37.7 Å². The first-order valence-corrected chi connectivity index (χ1v) is 9.54. The number of hydrogen-bond acceptors (Lipinski definition) is 5. The fourth-order valence-electron chi connectivity index (χ4n) is 4.04. The maximum absolute atomic E-state index is 12.1. The summed E-state index contributed by atoms with van der Waals surface area (Å²) in [6.45, 7) is 3.32. The zero-order valence-corrected chi connectivity index (χ0v) is 17.0. The first kappa shape index (κ1) is 19.5. The van der Waals surface area contributed by atoms with E-state index in [4.69, 9.17) is 9.84 Å². The van der Waals surface area contributed by atoms with E-state index >= 15 is 0 Å². The summed E-state index contributed by atoms with van der Waals surface area (Å²) in [6, 6.07) is 8.24. The molecule has 0 aliphatic carbocycles. The van der Waals surface area contributed by atoms with E-state index in [0.29, 0.717) is 6.54 Å². The Kier molecular flexibility index (Phi) is 5.29. The fourth-order valence-corrected chi connectivity index (χ4v) is 4.04. The normalized spacial score (nSPS) is 15.3. The molecule has 0 spiro atoms. The summed E-state index contributed by atoms with van der Waals surface area (Å²) in [4.78, 5) is 18.3. The van der Waals surface area contributed by atoms with Crippen LogP contribution in [0.1, 0.15) is 17.7 Å². The minimum atomic E-state index is -0.311. The number of ether oxygens (including phenoxy) is 1. The molecule has 0 fully saturated rings. The lowest BCUT2D eigenvalue weighted by Gasteiger charge is -2.28. The second kappa shape index (κ2) is 7.88. The zero-order chi connectivity index (χ0) is 19.1. The number of benzene rings is 1. The highest BCUT2D eigenvalue weighted by molar-refractivity contribution is 5.89. The Hall–Kier alpha value is -2.84. The van der Waals surface area contributed by atoms with E-state index in [1.807, 2.05) is 23.0 Å². The van der Waals surface area contributed by atoms with Gasteiger partial charge in [-0.05, 0) is 42.7 Å². The van der Waals surface area contributed by atoms with Gasteiger partial charge in [0.1, 0.15) is 5.69 Å². The van der Waals surface area contributed by atoms with Crippen molar-refractivity contribution in [2.75, 3.05) is 25.1 Å². The molecule has 0 saturated heterocycles. The van der Waals surface area contributed by atoms with Crippen molar-refractivity contribution in [3.8, 4) is 17.2 Å². The number of amides is 1. The third-order valence-corrected chi connectivity index (χ3v) is 5.39. The molecule has 0 unspecified atom stereocenters. The Morgan fingerprint density at radius 2 is 2.14 bits per heavy atom. The highest BCUT2D eigenvalue weighted by Crippen LogP contribution is 2.31.